The van der Waals surface area contributed by atoms with Gasteiger partial charge in [0.25, 0.3) is 0 Å². The van der Waals surface area contributed by atoms with Gasteiger partial charge in [-0.05, 0) is 17.7 Å². The van der Waals surface area contributed by atoms with E-state index in [1.165, 1.54) is 0 Å². The molecule has 0 saturated heterocycles. The molecule has 0 spiro atoms. The van der Waals surface area contributed by atoms with Gasteiger partial charge in [-0.1, -0.05) is 6.08 Å². The van der Waals surface area contributed by atoms with Crippen molar-refractivity contribution in [3.05, 3.63) is 42.2 Å². The number of imidazole rings is 1. The van der Waals surface area contributed by atoms with E-state index in [4.69, 9.17) is 0 Å². The average molecular weight is 159 g/mol. The molecule has 0 radical (unpaired) electrons. The van der Waals surface area contributed by atoms with Gasteiger partial charge in [0, 0.05) is 12.4 Å². The number of nitrogens with one attached hydrogen (secondary N) is 2. The van der Waals surface area contributed by atoms with E-state index >= 15 is 0 Å². The molecule has 60 valence electrons. The Hall–Kier alpha value is -1.77. The maximum absolute atomic E-state index is 3.91. The molecule has 2 aromatic rings. The van der Waals surface area contributed by atoms with Crippen molar-refractivity contribution in [3.8, 4) is 0 Å². The molecule has 0 bridgehead atoms. The Morgan fingerprint density at radius 3 is 3.00 bits per heavy atom. The van der Waals surface area contributed by atoms with Gasteiger partial charge in [-0.25, -0.2) is 4.98 Å². The van der Waals surface area contributed by atoms with E-state index in [1.807, 2.05) is 30.6 Å². The molecule has 3 heteroatoms. The maximum atomic E-state index is 3.91. The highest BCUT2D eigenvalue weighted by molar-refractivity contribution is 5.67. The normalized spacial score (nSPS) is 11.0. The average Bonchev–Trinajstić information content (AvgIpc) is 2.74. The lowest BCUT2D eigenvalue weighted by Crippen LogP contribution is -1.66. The molecule has 2 rings (SSSR count). The van der Waals surface area contributed by atoms with Gasteiger partial charge >= 0.3 is 0 Å². The van der Waals surface area contributed by atoms with Crippen LogP contribution >= 0.6 is 0 Å². The Morgan fingerprint density at radius 2 is 2.33 bits per heavy atom. The van der Waals surface area contributed by atoms with E-state index in [0.717, 1.165) is 11.3 Å². The Balaban J connectivity index is 2.14. The summed E-state index contributed by atoms with van der Waals surface area (Å²) in [5.41, 5.74) is 2.17. The van der Waals surface area contributed by atoms with E-state index in [0.29, 0.717) is 0 Å². The van der Waals surface area contributed by atoms with Crippen LogP contribution in [0.4, 0.5) is 0 Å². The second-order valence-corrected chi connectivity index (χ2v) is 2.48. The minimum Gasteiger partial charge on any atom is -0.367 e. The van der Waals surface area contributed by atoms with Crippen LogP contribution in [0.2, 0.25) is 0 Å². The topological polar surface area (TPSA) is 44.5 Å². The van der Waals surface area contributed by atoms with Gasteiger partial charge in [0.15, 0.2) is 0 Å². The molecule has 0 atom stereocenters. The summed E-state index contributed by atoms with van der Waals surface area (Å²) in [6, 6.07) is 2.01. The molecule has 3 nitrogen and oxygen atoms in total. The minimum atomic E-state index is 1.01. The largest absolute Gasteiger partial charge is 0.367 e. The van der Waals surface area contributed by atoms with E-state index < -0.39 is 0 Å². The van der Waals surface area contributed by atoms with Crippen LogP contribution in [0.3, 0.4) is 0 Å². The second kappa shape index (κ2) is 3.09. The number of hydrogen-bond acceptors (Lipinski definition) is 1. The fraction of sp³-hybridized carbons (Fsp3) is 0. The summed E-state index contributed by atoms with van der Waals surface area (Å²) < 4.78 is 0. The van der Waals surface area contributed by atoms with Crippen LogP contribution in [-0.4, -0.2) is 15.0 Å². The van der Waals surface area contributed by atoms with E-state index in [2.05, 4.69) is 15.0 Å². The van der Waals surface area contributed by atoms with Crippen LogP contribution in [0.5, 0.6) is 0 Å². The zero-order valence-corrected chi connectivity index (χ0v) is 6.49. The van der Waals surface area contributed by atoms with Crippen molar-refractivity contribution >= 4 is 12.2 Å². The van der Waals surface area contributed by atoms with Gasteiger partial charge in [0.05, 0.1) is 18.2 Å². The number of hydrogen-bond donors (Lipinski definition) is 2. The molecule has 0 amide bonds. The van der Waals surface area contributed by atoms with Crippen LogP contribution < -0.4 is 0 Å². The smallest absolute Gasteiger partial charge is 0.0924 e. The summed E-state index contributed by atoms with van der Waals surface area (Å²) in [4.78, 5) is 9.88. The first-order valence-corrected chi connectivity index (χ1v) is 3.74. The summed E-state index contributed by atoms with van der Waals surface area (Å²) in [6.07, 6.45) is 11.3. The molecule has 2 N–H and O–H groups in total. The summed E-state index contributed by atoms with van der Waals surface area (Å²) in [6.45, 7) is 0. The van der Waals surface area contributed by atoms with Crippen LogP contribution in [-0.2, 0) is 0 Å². The highest BCUT2D eigenvalue weighted by atomic mass is 14.8. The first-order chi connectivity index (χ1) is 5.95. The first kappa shape index (κ1) is 6.91. The number of aromatic amines is 2. The molecule has 0 aromatic carbocycles. The van der Waals surface area contributed by atoms with Crippen LogP contribution in [0.25, 0.3) is 12.2 Å². The Kier molecular flexibility index (Phi) is 1.78. The predicted molar refractivity (Wildman–Crippen MR) is 48.3 cm³/mol. The Morgan fingerprint density at radius 1 is 1.33 bits per heavy atom. The van der Waals surface area contributed by atoms with Gasteiger partial charge < -0.3 is 9.97 Å². The van der Waals surface area contributed by atoms with E-state index in [1.54, 1.807) is 12.5 Å². The molecule has 2 heterocycles. The fourth-order valence-electron chi connectivity index (χ4n) is 0.984. The van der Waals surface area contributed by atoms with Gasteiger partial charge in [-0.2, -0.15) is 0 Å². The lowest BCUT2D eigenvalue weighted by atomic mass is 10.3. The number of aromatic nitrogens is 3. The molecule has 12 heavy (non-hydrogen) atoms. The Bertz CT molecular complexity index is 307. The van der Waals surface area contributed by atoms with Crippen LogP contribution in [0, 0.1) is 0 Å². The van der Waals surface area contributed by atoms with Crippen molar-refractivity contribution in [2.24, 2.45) is 0 Å². The molecular weight excluding hydrogens is 150 g/mol. The summed E-state index contributed by atoms with van der Waals surface area (Å²) >= 11 is 0. The molecule has 0 aliphatic rings. The summed E-state index contributed by atoms with van der Waals surface area (Å²) in [5.74, 6) is 0. The standard InChI is InChI=1S/C9H9N3/c1(8-3-4-10-5-8)2-9-6-11-7-12-9/h1-7,10H,(H,11,12). The SMILES string of the molecule is C(=Cc1cnc[nH]1)c1cc[nH]c1. The Labute approximate surface area is 70.2 Å². The van der Waals surface area contributed by atoms with Gasteiger partial charge in [0.1, 0.15) is 0 Å². The molecule has 0 unspecified atom stereocenters. The summed E-state index contributed by atoms with van der Waals surface area (Å²) in [7, 11) is 0. The lowest BCUT2D eigenvalue weighted by molar-refractivity contribution is 1.31. The number of nitrogens with zero attached hydrogens (tertiary/aromatic N) is 1. The zero-order chi connectivity index (χ0) is 8.23. The van der Waals surface area contributed by atoms with Crippen LogP contribution in [0.1, 0.15) is 11.3 Å². The van der Waals surface area contributed by atoms with Crippen molar-refractivity contribution < 1.29 is 0 Å². The van der Waals surface area contributed by atoms with E-state index in [9.17, 15) is 0 Å². The predicted octanol–water partition coefficient (Wildman–Crippen LogP) is 1.91. The van der Waals surface area contributed by atoms with Gasteiger partial charge in [-0.15, -0.1) is 0 Å². The van der Waals surface area contributed by atoms with Crippen LogP contribution in [0.15, 0.2) is 31.0 Å². The molecule has 0 aliphatic heterocycles. The molecule has 2 aromatic heterocycles. The van der Waals surface area contributed by atoms with Crippen molar-refractivity contribution in [3.63, 3.8) is 0 Å². The molecule has 0 saturated carbocycles. The van der Waals surface area contributed by atoms with Crippen molar-refractivity contribution in [1.82, 2.24) is 15.0 Å². The third-order valence-corrected chi connectivity index (χ3v) is 1.60. The second-order valence-electron chi connectivity index (χ2n) is 2.48. The van der Waals surface area contributed by atoms with E-state index in [-0.39, 0.29) is 0 Å². The van der Waals surface area contributed by atoms with Gasteiger partial charge in [-0.3, -0.25) is 0 Å². The third-order valence-electron chi connectivity index (χ3n) is 1.60. The molecule has 0 aliphatic carbocycles. The number of H-pyrrole nitrogens is 2. The maximum Gasteiger partial charge on any atom is 0.0924 e. The van der Waals surface area contributed by atoms with Crippen molar-refractivity contribution in [2.75, 3.05) is 0 Å². The first-order valence-electron chi connectivity index (χ1n) is 3.74. The van der Waals surface area contributed by atoms with Gasteiger partial charge in [0.2, 0.25) is 0 Å². The fourth-order valence-corrected chi connectivity index (χ4v) is 0.984. The minimum absolute atomic E-state index is 1.01. The monoisotopic (exact) mass is 159 g/mol. The lowest BCUT2D eigenvalue weighted by Gasteiger charge is -1.82. The number of rotatable bonds is 2. The quantitative estimate of drug-likeness (QED) is 0.690. The van der Waals surface area contributed by atoms with Crippen molar-refractivity contribution in [1.29, 1.82) is 0 Å². The molecule has 0 fully saturated rings. The van der Waals surface area contributed by atoms with Crippen molar-refractivity contribution in [2.45, 2.75) is 0 Å². The molecular formula is C9H9N3. The zero-order valence-electron chi connectivity index (χ0n) is 6.49. The highest BCUT2D eigenvalue weighted by Crippen LogP contribution is 2.03. The summed E-state index contributed by atoms with van der Waals surface area (Å²) in [5, 5.41) is 0. The highest BCUT2D eigenvalue weighted by Gasteiger charge is 1.86. The third kappa shape index (κ3) is 1.45.